The molecule has 0 radical (unpaired) electrons. The minimum atomic E-state index is -0.975. The summed E-state index contributed by atoms with van der Waals surface area (Å²) in [5, 5.41) is 10.5. The fourth-order valence-electron chi connectivity index (χ4n) is 6.19. The van der Waals surface area contributed by atoms with Crippen LogP contribution in [0.1, 0.15) is 76.9 Å². The van der Waals surface area contributed by atoms with Gasteiger partial charge in [-0.3, -0.25) is 38.9 Å². The van der Waals surface area contributed by atoms with Crippen molar-refractivity contribution in [3.8, 4) is 11.1 Å². The number of rotatable bonds is 7. The van der Waals surface area contributed by atoms with Crippen LogP contribution in [0.25, 0.3) is 11.1 Å². The third-order valence-electron chi connectivity index (χ3n) is 8.76. The SMILES string of the molecule is Cn1cccc(-c2cn([C@H]3C[C@H](CNc4ccc5c(c4)C(=O)N(C4CCC(=O)NC4=O)C5=O)C3)nc2C2CC2)c1=O. The number of hydrogen-bond acceptors (Lipinski definition) is 7. The number of nitrogens with zero attached hydrogens (tertiary/aromatic N) is 4. The molecule has 3 fully saturated rings. The summed E-state index contributed by atoms with van der Waals surface area (Å²) in [6.45, 7) is 0.705. The summed E-state index contributed by atoms with van der Waals surface area (Å²) in [5.41, 5.74) is 3.91. The van der Waals surface area contributed by atoms with Gasteiger partial charge in [0.2, 0.25) is 11.8 Å². The lowest BCUT2D eigenvalue weighted by atomic mass is 9.80. The van der Waals surface area contributed by atoms with E-state index in [9.17, 15) is 24.0 Å². The van der Waals surface area contributed by atoms with Crippen LogP contribution in [0.15, 0.2) is 47.5 Å². The zero-order valence-corrected chi connectivity index (χ0v) is 22.6. The smallest absolute Gasteiger partial charge is 0.262 e. The van der Waals surface area contributed by atoms with E-state index in [2.05, 4.69) is 10.6 Å². The van der Waals surface area contributed by atoms with E-state index in [1.54, 1.807) is 36.0 Å². The van der Waals surface area contributed by atoms with E-state index >= 15 is 0 Å². The van der Waals surface area contributed by atoms with Gasteiger partial charge < -0.3 is 9.88 Å². The molecule has 1 unspecified atom stereocenters. The lowest BCUT2D eigenvalue weighted by Gasteiger charge is -2.35. The summed E-state index contributed by atoms with van der Waals surface area (Å²) in [6, 6.07) is 8.12. The Morgan fingerprint density at radius 3 is 2.49 bits per heavy atom. The summed E-state index contributed by atoms with van der Waals surface area (Å²) >= 11 is 0. The lowest BCUT2D eigenvalue weighted by molar-refractivity contribution is -0.136. The first-order valence-electron chi connectivity index (χ1n) is 14.1. The summed E-state index contributed by atoms with van der Waals surface area (Å²) in [7, 11) is 1.76. The number of carbonyl (C=O) groups excluding carboxylic acids is 4. The Balaban J connectivity index is 1.000. The number of carbonyl (C=O) groups is 4. The van der Waals surface area contributed by atoms with Crippen molar-refractivity contribution in [2.75, 3.05) is 11.9 Å². The highest BCUT2D eigenvalue weighted by Gasteiger charge is 2.44. The highest BCUT2D eigenvalue weighted by atomic mass is 16.2. The van der Waals surface area contributed by atoms with Crippen LogP contribution in [0.2, 0.25) is 0 Å². The van der Waals surface area contributed by atoms with E-state index in [0.29, 0.717) is 23.9 Å². The molecule has 2 saturated carbocycles. The third-order valence-corrected chi connectivity index (χ3v) is 8.76. The van der Waals surface area contributed by atoms with E-state index in [1.165, 1.54) is 0 Å². The molecule has 2 N–H and O–H groups in total. The fraction of sp³-hybridized carbons (Fsp3) is 0.400. The molecule has 11 heteroatoms. The van der Waals surface area contributed by atoms with Gasteiger partial charge in [0, 0.05) is 49.6 Å². The van der Waals surface area contributed by atoms with Crippen molar-refractivity contribution in [3.63, 3.8) is 0 Å². The molecular weight excluding hydrogens is 524 g/mol. The maximum absolute atomic E-state index is 13.1. The number of imide groups is 2. The van der Waals surface area contributed by atoms with Gasteiger partial charge in [0.05, 0.1) is 28.4 Å². The second kappa shape index (κ2) is 9.53. The molecule has 1 atom stereocenters. The van der Waals surface area contributed by atoms with Gasteiger partial charge >= 0.3 is 0 Å². The Kier molecular flexibility index (Phi) is 5.91. The molecule has 3 aromatic rings. The Labute approximate surface area is 235 Å². The molecule has 1 aromatic carbocycles. The average molecular weight is 555 g/mol. The van der Waals surface area contributed by atoms with Gasteiger partial charge in [-0.1, -0.05) is 0 Å². The zero-order valence-electron chi connectivity index (χ0n) is 22.6. The van der Waals surface area contributed by atoms with Gasteiger partial charge in [-0.05, 0) is 68.4 Å². The van der Waals surface area contributed by atoms with Crippen LogP contribution in [0.3, 0.4) is 0 Å². The number of hydrogen-bond donors (Lipinski definition) is 2. The Hall–Kier alpha value is -4.54. The summed E-state index contributed by atoms with van der Waals surface area (Å²) in [4.78, 5) is 63.6. The summed E-state index contributed by atoms with van der Waals surface area (Å²) in [5.74, 6) is -1.20. The van der Waals surface area contributed by atoms with Gasteiger partial charge in [-0.25, -0.2) is 0 Å². The molecule has 0 spiro atoms. The summed E-state index contributed by atoms with van der Waals surface area (Å²) < 4.78 is 3.64. The van der Waals surface area contributed by atoms with Crippen LogP contribution in [0.4, 0.5) is 5.69 Å². The van der Waals surface area contributed by atoms with Gasteiger partial charge in [0.15, 0.2) is 0 Å². The number of piperidine rings is 1. The molecule has 2 aliphatic carbocycles. The highest BCUT2D eigenvalue weighted by Crippen LogP contribution is 2.45. The molecule has 0 bridgehead atoms. The predicted octanol–water partition coefficient (Wildman–Crippen LogP) is 2.59. The minimum Gasteiger partial charge on any atom is -0.385 e. The number of aryl methyl sites for hydroxylation is 1. The molecule has 2 aliphatic heterocycles. The van der Waals surface area contributed by atoms with Crippen molar-refractivity contribution in [2.24, 2.45) is 13.0 Å². The number of anilines is 1. The van der Waals surface area contributed by atoms with Crippen LogP contribution in [0.5, 0.6) is 0 Å². The molecular formula is C30H30N6O5. The van der Waals surface area contributed by atoms with E-state index in [1.807, 2.05) is 23.0 Å². The Morgan fingerprint density at radius 2 is 1.73 bits per heavy atom. The number of aromatic nitrogens is 3. The molecule has 4 aliphatic rings. The van der Waals surface area contributed by atoms with Crippen molar-refractivity contribution >= 4 is 29.3 Å². The molecule has 41 heavy (non-hydrogen) atoms. The lowest BCUT2D eigenvalue weighted by Crippen LogP contribution is -2.54. The van der Waals surface area contributed by atoms with Crippen LogP contribution in [0, 0.1) is 5.92 Å². The van der Waals surface area contributed by atoms with Crippen molar-refractivity contribution in [2.45, 2.75) is 56.5 Å². The minimum absolute atomic E-state index is 0.0145. The molecule has 11 nitrogen and oxygen atoms in total. The van der Waals surface area contributed by atoms with Gasteiger partial charge in [0.25, 0.3) is 17.4 Å². The largest absolute Gasteiger partial charge is 0.385 e. The van der Waals surface area contributed by atoms with E-state index in [4.69, 9.17) is 5.10 Å². The van der Waals surface area contributed by atoms with Crippen molar-refractivity contribution in [1.29, 1.82) is 0 Å². The quantitative estimate of drug-likeness (QED) is 0.429. The number of pyridine rings is 1. The number of fused-ring (bicyclic) bond motifs is 1. The third kappa shape index (κ3) is 4.36. The van der Waals surface area contributed by atoms with Crippen molar-refractivity contribution in [3.05, 3.63) is 69.9 Å². The van der Waals surface area contributed by atoms with E-state index < -0.39 is 29.7 Å². The molecule has 210 valence electrons. The average Bonchev–Trinajstić information content (AvgIpc) is 3.64. The van der Waals surface area contributed by atoms with Gasteiger partial charge in [0.1, 0.15) is 6.04 Å². The van der Waals surface area contributed by atoms with Crippen molar-refractivity contribution < 1.29 is 19.2 Å². The predicted molar refractivity (Wildman–Crippen MR) is 148 cm³/mol. The van der Waals surface area contributed by atoms with Crippen LogP contribution in [-0.4, -0.2) is 55.5 Å². The van der Waals surface area contributed by atoms with Crippen LogP contribution >= 0.6 is 0 Å². The number of amides is 4. The maximum atomic E-state index is 13.1. The maximum Gasteiger partial charge on any atom is 0.262 e. The second-order valence-corrected chi connectivity index (χ2v) is 11.6. The zero-order chi connectivity index (χ0) is 28.4. The van der Waals surface area contributed by atoms with Crippen LogP contribution in [-0.2, 0) is 16.6 Å². The second-order valence-electron chi connectivity index (χ2n) is 11.6. The summed E-state index contributed by atoms with van der Waals surface area (Å²) in [6.07, 6.45) is 8.11. The molecule has 4 amide bonds. The van der Waals surface area contributed by atoms with Crippen molar-refractivity contribution in [1.82, 2.24) is 24.6 Å². The number of benzene rings is 1. The van der Waals surface area contributed by atoms with Crippen LogP contribution < -0.4 is 16.2 Å². The van der Waals surface area contributed by atoms with E-state index in [0.717, 1.165) is 47.5 Å². The first-order chi connectivity index (χ1) is 19.8. The molecule has 1 saturated heterocycles. The molecule has 4 heterocycles. The first-order valence-corrected chi connectivity index (χ1v) is 14.1. The van der Waals surface area contributed by atoms with Gasteiger partial charge in [-0.15, -0.1) is 0 Å². The standard InChI is InChI=1S/C30H30N6O5/c1-34-10-2-3-20(28(34)39)23-15-35(33-26(23)17-4-5-17)19-11-16(12-19)14-31-18-6-7-21-22(13-18)30(41)36(29(21)40)24-8-9-25(37)32-27(24)38/h2-3,6-7,10,13,15-17,19,24,31H,4-5,8-9,11-12,14H2,1H3,(H,32,37,38)/t16-,19-,24?. The van der Waals surface area contributed by atoms with Gasteiger partial charge in [-0.2, -0.15) is 5.10 Å². The first kappa shape index (κ1) is 25.4. The molecule has 2 aromatic heterocycles. The Morgan fingerprint density at radius 1 is 0.951 bits per heavy atom. The number of nitrogens with one attached hydrogen (secondary N) is 2. The fourth-order valence-corrected chi connectivity index (χ4v) is 6.19. The Bertz CT molecular complexity index is 1680. The normalized spacial score (nSPS) is 23.8. The monoisotopic (exact) mass is 554 g/mol. The topological polar surface area (TPSA) is 135 Å². The highest BCUT2D eigenvalue weighted by molar-refractivity contribution is 6.23. The molecule has 7 rings (SSSR count). The van der Waals surface area contributed by atoms with E-state index in [-0.39, 0.29) is 35.6 Å².